The quantitative estimate of drug-likeness (QED) is 0.0150. The number of phosphoric ester groups is 1. The van der Waals surface area contributed by atoms with Gasteiger partial charge in [0.15, 0.2) is 6.10 Å². The molecule has 0 saturated carbocycles. The van der Waals surface area contributed by atoms with Crippen LogP contribution in [0.1, 0.15) is 194 Å². The van der Waals surface area contributed by atoms with E-state index in [9.17, 15) is 19.0 Å². The average molecular weight is 812 g/mol. The number of hydrogen-bond donors (Lipinski definition) is 0. The Morgan fingerprint density at radius 1 is 0.554 bits per heavy atom. The van der Waals surface area contributed by atoms with Crippen molar-refractivity contribution in [2.75, 3.05) is 47.5 Å². The van der Waals surface area contributed by atoms with Crippen LogP contribution in [0.2, 0.25) is 0 Å². The highest BCUT2D eigenvalue weighted by Crippen LogP contribution is 2.38. The molecule has 328 valence electrons. The number of likely N-dealkylation sites (N-methyl/N-ethyl adjacent to an activating group) is 1. The molecular formula is C46H86NO8P. The van der Waals surface area contributed by atoms with Crippen molar-refractivity contribution in [3.63, 3.8) is 0 Å². The minimum atomic E-state index is -4.63. The number of carbonyl (C=O) groups is 2. The second-order valence-corrected chi connectivity index (χ2v) is 17.8. The molecule has 0 saturated heterocycles. The first kappa shape index (κ1) is 54.2. The van der Waals surface area contributed by atoms with Gasteiger partial charge in [-0.3, -0.25) is 14.2 Å². The predicted molar refractivity (Wildman–Crippen MR) is 231 cm³/mol. The predicted octanol–water partition coefficient (Wildman–Crippen LogP) is 12.3. The van der Waals surface area contributed by atoms with Crippen molar-refractivity contribution in [1.29, 1.82) is 0 Å². The maximum atomic E-state index is 12.7. The van der Waals surface area contributed by atoms with Crippen LogP contribution in [-0.4, -0.2) is 70.0 Å². The zero-order chi connectivity index (χ0) is 41.4. The van der Waals surface area contributed by atoms with Gasteiger partial charge in [0.1, 0.15) is 19.8 Å². The Balaban J connectivity index is 4.36. The fourth-order valence-electron chi connectivity index (χ4n) is 6.05. The number of hydrogen-bond acceptors (Lipinski definition) is 8. The van der Waals surface area contributed by atoms with E-state index in [1.807, 2.05) is 21.1 Å². The molecule has 0 heterocycles. The normalized spacial score (nSPS) is 13.9. The summed E-state index contributed by atoms with van der Waals surface area (Å²) in [6.07, 6.45) is 43.1. The van der Waals surface area contributed by atoms with E-state index in [4.69, 9.17) is 18.5 Å². The summed E-state index contributed by atoms with van der Waals surface area (Å²) in [5.74, 6) is -0.855. The molecular weight excluding hydrogens is 725 g/mol. The van der Waals surface area contributed by atoms with Gasteiger partial charge in [-0.25, -0.2) is 0 Å². The van der Waals surface area contributed by atoms with Crippen LogP contribution in [0.15, 0.2) is 36.5 Å². The van der Waals surface area contributed by atoms with Gasteiger partial charge >= 0.3 is 11.9 Å². The van der Waals surface area contributed by atoms with Crippen molar-refractivity contribution in [2.24, 2.45) is 0 Å². The first-order valence-corrected chi connectivity index (χ1v) is 24.2. The van der Waals surface area contributed by atoms with E-state index in [2.05, 4.69) is 50.3 Å². The van der Waals surface area contributed by atoms with E-state index in [1.165, 1.54) is 89.9 Å². The highest BCUT2D eigenvalue weighted by molar-refractivity contribution is 7.45. The van der Waals surface area contributed by atoms with Crippen molar-refractivity contribution >= 4 is 19.8 Å². The summed E-state index contributed by atoms with van der Waals surface area (Å²) in [7, 11) is 1.15. The van der Waals surface area contributed by atoms with E-state index in [0.717, 1.165) is 70.6 Å². The summed E-state index contributed by atoms with van der Waals surface area (Å²) < 4.78 is 33.9. The van der Waals surface area contributed by atoms with Crippen molar-refractivity contribution in [3.05, 3.63) is 36.5 Å². The third-order valence-corrected chi connectivity index (χ3v) is 10.6. The van der Waals surface area contributed by atoms with Crippen molar-refractivity contribution < 1.29 is 42.1 Å². The summed E-state index contributed by atoms with van der Waals surface area (Å²) in [5, 5.41) is 0. The van der Waals surface area contributed by atoms with Crippen LogP contribution >= 0.6 is 7.82 Å². The molecule has 0 spiro atoms. The number of quaternary nitrogens is 1. The van der Waals surface area contributed by atoms with Crippen LogP contribution in [0.25, 0.3) is 0 Å². The number of rotatable bonds is 41. The molecule has 9 nitrogen and oxygen atoms in total. The molecule has 0 aromatic rings. The third-order valence-electron chi connectivity index (χ3n) is 9.66. The number of carbonyl (C=O) groups excluding carboxylic acids is 2. The second-order valence-electron chi connectivity index (χ2n) is 16.4. The van der Waals surface area contributed by atoms with Crippen LogP contribution in [0.4, 0.5) is 0 Å². The van der Waals surface area contributed by atoms with Gasteiger partial charge in [0.05, 0.1) is 27.7 Å². The lowest BCUT2D eigenvalue weighted by Crippen LogP contribution is -2.37. The summed E-state index contributed by atoms with van der Waals surface area (Å²) in [4.78, 5) is 37.5. The molecule has 0 aromatic heterocycles. The van der Waals surface area contributed by atoms with Gasteiger partial charge in [-0.05, 0) is 64.2 Å². The van der Waals surface area contributed by atoms with Crippen molar-refractivity contribution in [1.82, 2.24) is 0 Å². The second kappa shape index (κ2) is 38.7. The topological polar surface area (TPSA) is 111 Å². The lowest BCUT2D eigenvalue weighted by molar-refractivity contribution is -0.870. The van der Waals surface area contributed by atoms with Gasteiger partial charge in [0, 0.05) is 12.8 Å². The molecule has 0 rings (SSSR count). The zero-order valence-corrected chi connectivity index (χ0v) is 37.7. The highest BCUT2D eigenvalue weighted by Gasteiger charge is 2.21. The first-order valence-electron chi connectivity index (χ1n) is 22.7. The van der Waals surface area contributed by atoms with E-state index in [-0.39, 0.29) is 26.1 Å². The Morgan fingerprint density at radius 3 is 1.45 bits per heavy atom. The number of nitrogens with zero attached hydrogens (tertiary/aromatic N) is 1. The minimum absolute atomic E-state index is 0.0348. The molecule has 2 atom stereocenters. The molecule has 0 aliphatic heterocycles. The van der Waals surface area contributed by atoms with Gasteiger partial charge in [0.2, 0.25) is 0 Å². The summed E-state index contributed by atoms with van der Waals surface area (Å²) in [6.45, 7) is 4.18. The van der Waals surface area contributed by atoms with Crippen LogP contribution in [0.5, 0.6) is 0 Å². The molecule has 0 N–H and O–H groups in total. The lowest BCUT2D eigenvalue weighted by Gasteiger charge is -2.28. The number of unbranched alkanes of at least 4 members (excludes halogenated alkanes) is 22. The third kappa shape index (κ3) is 41.9. The monoisotopic (exact) mass is 812 g/mol. The van der Waals surface area contributed by atoms with Crippen molar-refractivity contribution in [2.45, 2.75) is 200 Å². The standard InChI is InChI=1S/C46H86NO8P/c1-6-8-10-12-14-16-18-20-22-23-25-26-28-30-32-34-36-38-45(48)52-42-44(43-54-56(50,51)53-41-40-47(3,4)5)55-46(49)39-37-35-33-31-29-27-24-21-19-17-15-13-11-9-7-2/h17,19-22,24,44H,6-16,18,23,25-43H2,1-5H3/b19-17+,22-20+,24-21+/t44-/m1/s1. The Hall–Kier alpha value is -1.77. The van der Waals surface area contributed by atoms with E-state index in [1.54, 1.807) is 0 Å². The number of phosphoric acid groups is 1. The van der Waals surface area contributed by atoms with Gasteiger partial charge in [0.25, 0.3) is 7.82 Å². The Bertz CT molecular complexity index is 1050. The molecule has 0 aliphatic rings. The molecule has 0 fully saturated rings. The fraction of sp³-hybridized carbons (Fsp3) is 0.826. The molecule has 0 aromatic carbocycles. The minimum Gasteiger partial charge on any atom is -0.756 e. The summed E-state index contributed by atoms with van der Waals surface area (Å²) in [6, 6.07) is 0. The molecule has 10 heteroatoms. The smallest absolute Gasteiger partial charge is 0.306 e. The molecule has 0 amide bonds. The Morgan fingerprint density at radius 2 is 0.964 bits per heavy atom. The summed E-state index contributed by atoms with van der Waals surface area (Å²) in [5.41, 5.74) is 0. The first-order chi connectivity index (χ1) is 27.0. The number of allylic oxidation sites excluding steroid dienone is 6. The van der Waals surface area contributed by atoms with Crippen LogP contribution < -0.4 is 4.89 Å². The largest absolute Gasteiger partial charge is 0.756 e. The Labute approximate surface area is 344 Å². The van der Waals surface area contributed by atoms with Crippen LogP contribution in [-0.2, 0) is 32.7 Å². The average Bonchev–Trinajstić information content (AvgIpc) is 3.15. The molecule has 0 bridgehead atoms. The van der Waals surface area contributed by atoms with Gasteiger partial charge < -0.3 is 27.9 Å². The molecule has 1 unspecified atom stereocenters. The van der Waals surface area contributed by atoms with Gasteiger partial charge in [-0.1, -0.05) is 153 Å². The lowest BCUT2D eigenvalue weighted by atomic mass is 10.1. The van der Waals surface area contributed by atoms with E-state index < -0.39 is 32.5 Å². The van der Waals surface area contributed by atoms with E-state index >= 15 is 0 Å². The number of esters is 2. The number of ether oxygens (including phenoxy) is 2. The van der Waals surface area contributed by atoms with Gasteiger partial charge in [-0.2, -0.15) is 0 Å². The molecule has 56 heavy (non-hydrogen) atoms. The zero-order valence-electron chi connectivity index (χ0n) is 36.8. The van der Waals surface area contributed by atoms with Gasteiger partial charge in [-0.15, -0.1) is 0 Å². The van der Waals surface area contributed by atoms with Crippen LogP contribution in [0.3, 0.4) is 0 Å². The fourth-order valence-corrected chi connectivity index (χ4v) is 6.78. The Kier molecular flexibility index (Phi) is 37.5. The maximum absolute atomic E-state index is 12.7. The van der Waals surface area contributed by atoms with E-state index in [0.29, 0.717) is 17.4 Å². The highest BCUT2D eigenvalue weighted by atomic mass is 31.2. The van der Waals surface area contributed by atoms with Crippen LogP contribution in [0, 0.1) is 0 Å². The molecule has 0 radical (unpaired) electrons. The van der Waals surface area contributed by atoms with Crippen molar-refractivity contribution in [3.8, 4) is 0 Å². The maximum Gasteiger partial charge on any atom is 0.306 e. The summed E-state index contributed by atoms with van der Waals surface area (Å²) >= 11 is 0. The SMILES string of the molecule is CCCCCC/C=C/C=C/CCCCCCCC(=O)O[C@H](COC(=O)CCCCCCCCC/C=C/CCCCCCCC)COP(=O)([O-])OCC[N+](C)(C)C. The molecule has 0 aliphatic carbocycles.